The minimum absolute atomic E-state index is 0.0314. The number of carbonyl (C=O) groups excluding carboxylic acids is 4. The number of esters is 1. The Morgan fingerprint density at radius 2 is 1.60 bits per heavy atom. The van der Waals surface area contributed by atoms with Crippen LogP contribution in [0.1, 0.15) is 26.3 Å². The second-order valence-corrected chi connectivity index (χ2v) is 6.39. The average molecular weight is 409 g/mol. The molecule has 154 valence electrons. The summed E-state index contributed by atoms with van der Waals surface area (Å²) in [5.41, 5.74) is 0.645. The first-order chi connectivity index (χ1) is 14.4. The summed E-state index contributed by atoms with van der Waals surface area (Å²) in [6.07, 6.45) is 1.22. The van der Waals surface area contributed by atoms with Crippen LogP contribution in [0.25, 0.3) is 6.08 Å². The summed E-state index contributed by atoms with van der Waals surface area (Å²) in [6, 6.07) is 12.7. The lowest BCUT2D eigenvalue weighted by Crippen LogP contribution is -2.33. The molecule has 2 amide bonds. The quantitative estimate of drug-likeness (QED) is 0.177. The molecule has 2 aromatic rings. The van der Waals surface area contributed by atoms with Crippen molar-refractivity contribution in [1.82, 2.24) is 4.90 Å². The van der Waals surface area contributed by atoms with Crippen LogP contribution in [0.4, 0.5) is 0 Å². The van der Waals surface area contributed by atoms with E-state index in [2.05, 4.69) is 4.74 Å². The van der Waals surface area contributed by atoms with Gasteiger partial charge in [0.25, 0.3) is 11.8 Å². The van der Waals surface area contributed by atoms with Crippen LogP contribution in [0.3, 0.4) is 0 Å². The highest BCUT2D eigenvalue weighted by molar-refractivity contribution is 6.22. The van der Waals surface area contributed by atoms with E-state index in [0.717, 1.165) is 12.0 Å². The highest BCUT2D eigenvalue weighted by Crippen LogP contribution is 2.22. The number of ether oxygens (including phenoxy) is 2. The fraction of sp³-hybridized carbons (Fsp3) is 0.182. The van der Waals surface area contributed by atoms with Gasteiger partial charge in [0.2, 0.25) is 0 Å². The van der Waals surface area contributed by atoms with Crippen LogP contribution in [-0.4, -0.2) is 60.4 Å². The summed E-state index contributed by atoms with van der Waals surface area (Å²) in [5, 5.41) is 9.85. The van der Waals surface area contributed by atoms with Crippen LogP contribution in [0.5, 0.6) is 5.75 Å². The third kappa shape index (κ3) is 4.28. The summed E-state index contributed by atoms with van der Waals surface area (Å²) in [7, 11) is 1.14. The molecule has 0 unspecified atom stereocenters. The number of ketones is 1. The third-order valence-corrected chi connectivity index (χ3v) is 4.51. The molecule has 0 radical (unpaired) electrons. The Hall–Kier alpha value is -3.78. The molecule has 0 fully saturated rings. The molecule has 1 N–H and O–H groups in total. The molecule has 0 bridgehead atoms. The largest absolute Gasteiger partial charge is 0.507 e. The van der Waals surface area contributed by atoms with E-state index < -0.39 is 30.2 Å². The maximum atomic E-state index is 12.4. The number of phenolic OH excluding ortho intramolecular Hbond substituents is 1. The highest BCUT2D eigenvalue weighted by atomic mass is 16.5. The number of rotatable bonds is 8. The molecule has 0 aromatic heterocycles. The van der Waals surface area contributed by atoms with Crippen molar-refractivity contribution in [1.29, 1.82) is 0 Å². The summed E-state index contributed by atoms with van der Waals surface area (Å²) < 4.78 is 9.92. The SMILES string of the molecule is COC(=O)/C(=C\c1ccccc1O)C(=O)COCCN1C(=O)c2ccccc2C1=O. The van der Waals surface area contributed by atoms with Gasteiger partial charge in [0, 0.05) is 5.56 Å². The van der Waals surface area contributed by atoms with Gasteiger partial charge in [-0.3, -0.25) is 19.3 Å². The minimum atomic E-state index is -0.868. The molecular weight excluding hydrogens is 390 g/mol. The zero-order valence-corrected chi connectivity index (χ0v) is 16.2. The van der Waals surface area contributed by atoms with Crippen LogP contribution >= 0.6 is 0 Å². The maximum absolute atomic E-state index is 12.4. The Morgan fingerprint density at radius 1 is 1.00 bits per heavy atom. The molecule has 2 aromatic carbocycles. The zero-order valence-electron chi connectivity index (χ0n) is 16.2. The zero-order chi connectivity index (χ0) is 21.7. The first-order valence-electron chi connectivity index (χ1n) is 9.08. The molecule has 8 nitrogen and oxygen atoms in total. The van der Waals surface area contributed by atoms with Gasteiger partial charge in [0.1, 0.15) is 17.9 Å². The number of fused-ring (bicyclic) bond motifs is 1. The van der Waals surface area contributed by atoms with Gasteiger partial charge in [-0.15, -0.1) is 0 Å². The molecule has 1 aliphatic heterocycles. The monoisotopic (exact) mass is 409 g/mol. The molecule has 1 heterocycles. The fourth-order valence-electron chi connectivity index (χ4n) is 2.97. The van der Waals surface area contributed by atoms with Crippen LogP contribution in [0.2, 0.25) is 0 Å². The lowest BCUT2D eigenvalue weighted by atomic mass is 10.1. The number of para-hydroxylation sites is 1. The normalized spacial score (nSPS) is 13.4. The molecule has 3 rings (SSSR count). The van der Waals surface area contributed by atoms with Gasteiger partial charge in [-0.05, 0) is 24.3 Å². The molecule has 8 heteroatoms. The molecule has 1 aliphatic rings. The number of Topliss-reactive ketones (excluding diaryl/α,β-unsaturated/α-hetero) is 1. The first kappa shape index (κ1) is 20.9. The minimum Gasteiger partial charge on any atom is -0.507 e. The summed E-state index contributed by atoms with van der Waals surface area (Å²) in [4.78, 5) is 50.1. The number of hydrogen-bond donors (Lipinski definition) is 1. The smallest absolute Gasteiger partial charge is 0.341 e. The van der Waals surface area contributed by atoms with Crippen LogP contribution < -0.4 is 0 Å². The number of benzene rings is 2. The van der Waals surface area contributed by atoms with E-state index in [4.69, 9.17) is 4.74 Å². The number of imide groups is 1. The number of carbonyl (C=O) groups is 4. The molecule has 0 aliphatic carbocycles. The van der Waals surface area contributed by atoms with Crippen LogP contribution in [-0.2, 0) is 19.1 Å². The van der Waals surface area contributed by atoms with E-state index in [1.807, 2.05) is 0 Å². The molecular formula is C22H19NO7. The number of nitrogens with zero attached hydrogens (tertiary/aromatic N) is 1. The van der Waals surface area contributed by atoms with Gasteiger partial charge in [-0.2, -0.15) is 0 Å². The van der Waals surface area contributed by atoms with E-state index in [-0.39, 0.29) is 30.0 Å². The van der Waals surface area contributed by atoms with Crippen molar-refractivity contribution >= 4 is 29.6 Å². The fourth-order valence-corrected chi connectivity index (χ4v) is 2.97. The highest BCUT2D eigenvalue weighted by Gasteiger charge is 2.34. The van der Waals surface area contributed by atoms with E-state index in [0.29, 0.717) is 11.1 Å². The van der Waals surface area contributed by atoms with Gasteiger partial charge < -0.3 is 14.6 Å². The van der Waals surface area contributed by atoms with Gasteiger partial charge in [0.15, 0.2) is 5.78 Å². The van der Waals surface area contributed by atoms with Gasteiger partial charge in [-0.1, -0.05) is 30.3 Å². The van der Waals surface area contributed by atoms with Crippen LogP contribution in [0, 0.1) is 0 Å². The van der Waals surface area contributed by atoms with E-state index in [9.17, 15) is 24.3 Å². The maximum Gasteiger partial charge on any atom is 0.341 e. The second-order valence-electron chi connectivity index (χ2n) is 6.39. The van der Waals surface area contributed by atoms with Crippen molar-refractivity contribution in [3.8, 4) is 5.75 Å². The third-order valence-electron chi connectivity index (χ3n) is 4.51. The Balaban J connectivity index is 1.60. The summed E-state index contributed by atoms with van der Waals surface area (Å²) in [6.45, 7) is -0.573. The van der Waals surface area contributed by atoms with Gasteiger partial charge >= 0.3 is 5.97 Å². The standard InChI is InChI=1S/C22H19NO7/c1-29-22(28)17(12-14-6-2-5-9-18(14)24)19(25)13-30-11-10-23-20(26)15-7-3-4-8-16(15)21(23)27/h2-9,12,24H,10-11,13H2,1H3/b17-12-. The molecule has 0 saturated heterocycles. The van der Waals surface area contributed by atoms with E-state index in [1.54, 1.807) is 36.4 Å². The van der Waals surface area contributed by atoms with Crippen molar-refractivity contribution in [3.05, 3.63) is 70.8 Å². The molecule has 0 atom stereocenters. The Kier molecular flexibility index (Phi) is 6.38. The van der Waals surface area contributed by atoms with Crippen molar-refractivity contribution < 1.29 is 33.8 Å². The van der Waals surface area contributed by atoms with Crippen molar-refractivity contribution in [3.63, 3.8) is 0 Å². The predicted octanol–water partition coefficient (Wildman–Crippen LogP) is 1.83. The van der Waals surface area contributed by atoms with Gasteiger partial charge in [-0.25, -0.2) is 4.79 Å². The number of aromatic hydroxyl groups is 1. The first-order valence-corrected chi connectivity index (χ1v) is 9.08. The Morgan fingerprint density at radius 3 is 2.20 bits per heavy atom. The van der Waals surface area contributed by atoms with Crippen molar-refractivity contribution in [2.75, 3.05) is 26.9 Å². The summed E-state index contributed by atoms with van der Waals surface area (Å²) >= 11 is 0. The van der Waals surface area contributed by atoms with E-state index in [1.165, 1.54) is 18.2 Å². The topological polar surface area (TPSA) is 110 Å². The number of methoxy groups -OCH3 is 1. The second kappa shape index (κ2) is 9.15. The summed E-state index contributed by atoms with van der Waals surface area (Å²) in [5.74, 6) is -2.46. The molecule has 30 heavy (non-hydrogen) atoms. The average Bonchev–Trinajstić information content (AvgIpc) is 3.00. The number of amides is 2. The number of hydrogen-bond acceptors (Lipinski definition) is 7. The van der Waals surface area contributed by atoms with Crippen molar-refractivity contribution in [2.45, 2.75) is 0 Å². The van der Waals surface area contributed by atoms with Gasteiger partial charge in [0.05, 0.1) is 31.4 Å². The Bertz CT molecular complexity index is 1010. The Labute approximate surface area is 172 Å². The van der Waals surface area contributed by atoms with Crippen LogP contribution in [0.15, 0.2) is 54.1 Å². The van der Waals surface area contributed by atoms with E-state index >= 15 is 0 Å². The molecule has 0 saturated carbocycles. The lowest BCUT2D eigenvalue weighted by molar-refractivity contribution is -0.138. The number of phenols is 1. The lowest BCUT2D eigenvalue weighted by Gasteiger charge is -2.13. The molecule has 0 spiro atoms. The predicted molar refractivity (Wildman–Crippen MR) is 106 cm³/mol. The van der Waals surface area contributed by atoms with Crippen molar-refractivity contribution in [2.24, 2.45) is 0 Å².